The number of rotatable bonds is 5. The molecule has 6 nitrogen and oxygen atoms in total. The molecule has 2 bridgehead atoms. The van der Waals surface area contributed by atoms with E-state index in [-0.39, 0.29) is 48.5 Å². The van der Waals surface area contributed by atoms with E-state index < -0.39 is 17.4 Å². The van der Waals surface area contributed by atoms with Crippen LogP contribution in [0.4, 0.5) is 4.39 Å². The molecule has 0 saturated carbocycles. The van der Waals surface area contributed by atoms with Crippen LogP contribution < -0.4 is 0 Å². The Balaban J connectivity index is 1.66. The van der Waals surface area contributed by atoms with Crippen LogP contribution in [0.25, 0.3) is 0 Å². The number of carbonyl (C=O) groups excluding carboxylic acids is 3. The summed E-state index contributed by atoms with van der Waals surface area (Å²) in [5.41, 5.74) is -0.573. The number of fused-ring (bicyclic) bond motifs is 2. The lowest BCUT2D eigenvalue weighted by atomic mass is 9.69. The summed E-state index contributed by atoms with van der Waals surface area (Å²) in [5, 5.41) is 0. The van der Waals surface area contributed by atoms with E-state index in [4.69, 9.17) is 4.74 Å². The highest BCUT2D eigenvalue weighted by molar-refractivity contribution is 6.08. The van der Waals surface area contributed by atoms with Crippen LogP contribution in [0.2, 0.25) is 0 Å². The number of methoxy groups -OCH3 is 1. The van der Waals surface area contributed by atoms with Gasteiger partial charge < -0.3 is 9.64 Å². The van der Waals surface area contributed by atoms with Crippen LogP contribution in [0.5, 0.6) is 0 Å². The Bertz CT molecular complexity index is 878. The molecule has 3 aliphatic rings. The van der Waals surface area contributed by atoms with Gasteiger partial charge in [0.25, 0.3) is 0 Å². The minimum atomic E-state index is -1.49. The first-order valence-corrected chi connectivity index (χ1v) is 11.7. The number of esters is 1. The lowest BCUT2D eigenvalue weighted by Crippen LogP contribution is -2.62. The van der Waals surface area contributed by atoms with E-state index in [0.717, 1.165) is 31.2 Å². The molecule has 3 heterocycles. The third kappa shape index (κ3) is 3.85. The molecule has 1 amide bonds. The van der Waals surface area contributed by atoms with E-state index in [1.54, 1.807) is 12.1 Å². The van der Waals surface area contributed by atoms with Crippen LogP contribution in [0.3, 0.4) is 0 Å². The Labute approximate surface area is 189 Å². The van der Waals surface area contributed by atoms with Crippen molar-refractivity contribution in [2.45, 2.75) is 89.5 Å². The molecule has 174 valence electrons. The molecule has 0 N–H and O–H groups in total. The summed E-state index contributed by atoms with van der Waals surface area (Å²) in [5.74, 6) is -1.24. The van der Waals surface area contributed by atoms with E-state index in [1.165, 1.54) is 19.2 Å². The summed E-state index contributed by atoms with van der Waals surface area (Å²) in [6.07, 6.45) is 4.46. The van der Waals surface area contributed by atoms with Crippen LogP contribution in [0.1, 0.15) is 64.4 Å². The van der Waals surface area contributed by atoms with Crippen molar-refractivity contribution in [2.75, 3.05) is 7.11 Å². The van der Waals surface area contributed by atoms with Gasteiger partial charge in [0.15, 0.2) is 11.2 Å². The second kappa shape index (κ2) is 8.93. The number of amides is 1. The van der Waals surface area contributed by atoms with Gasteiger partial charge in [0, 0.05) is 37.1 Å². The van der Waals surface area contributed by atoms with Crippen LogP contribution in [-0.2, 0) is 25.7 Å². The van der Waals surface area contributed by atoms with Crippen LogP contribution in [-0.4, -0.2) is 58.7 Å². The molecule has 0 spiro atoms. The Morgan fingerprint density at radius 2 is 1.75 bits per heavy atom. The van der Waals surface area contributed by atoms with Crippen molar-refractivity contribution in [3.63, 3.8) is 0 Å². The van der Waals surface area contributed by atoms with Gasteiger partial charge in [-0.05, 0) is 63.6 Å². The molecule has 0 aliphatic carbocycles. The normalized spacial score (nSPS) is 32.8. The summed E-state index contributed by atoms with van der Waals surface area (Å²) >= 11 is 0. The van der Waals surface area contributed by atoms with Crippen LogP contribution in [0, 0.1) is 11.2 Å². The maximum absolute atomic E-state index is 13.5. The van der Waals surface area contributed by atoms with Gasteiger partial charge in [0.05, 0.1) is 13.5 Å². The number of Topliss-reactive ketones (excluding diaryl/α,β-unsaturated/α-hetero) is 1. The van der Waals surface area contributed by atoms with Gasteiger partial charge in [-0.3, -0.25) is 19.3 Å². The predicted octanol–water partition coefficient (Wildman–Crippen LogP) is 3.47. The topological polar surface area (TPSA) is 66.9 Å². The highest BCUT2D eigenvalue weighted by atomic mass is 19.1. The molecular formula is C25H33FN2O4. The number of halogens is 1. The smallest absolute Gasteiger partial charge is 0.321 e. The molecule has 1 aromatic rings. The Kier molecular flexibility index (Phi) is 6.39. The first-order chi connectivity index (χ1) is 15.3. The molecule has 5 atom stereocenters. The number of likely N-dealkylation sites (tertiary alicyclic amines) is 1. The molecule has 1 aromatic carbocycles. The minimum absolute atomic E-state index is 0.0262. The molecule has 32 heavy (non-hydrogen) atoms. The summed E-state index contributed by atoms with van der Waals surface area (Å²) in [4.78, 5) is 44.3. The van der Waals surface area contributed by atoms with Gasteiger partial charge in [-0.2, -0.15) is 0 Å². The SMILES string of the molecule is COC(=O)[C@]1(CC(=O)N2[C@@H](C)CCC[C@@H]2C)C(=O)C[C@H]2CC[C@@H]1N2Cc1ccc(F)cc1. The van der Waals surface area contributed by atoms with Crippen LogP contribution >= 0.6 is 0 Å². The third-order valence-corrected chi connectivity index (χ3v) is 7.87. The zero-order valence-electron chi connectivity index (χ0n) is 19.2. The summed E-state index contributed by atoms with van der Waals surface area (Å²) in [6.45, 7) is 4.58. The maximum Gasteiger partial charge on any atom is 0.321 e. The van der Waals surface area contributed by atoms with Gasteiger partial charge in [-0.25, -0.2) is 4.39 Å². The number of hydrogen-bond donors (Lipinski definition) is 0. The molecule has 7 heteroatoms. The average molecular weight is 445 g/mol. The quantitative estimate of drug-likeness (QED) is 0.514. The zero-order valence-corrected chi connectivity index (χ0v) is 19.2. The van der Waals surface area contributed by atoms with Crippen molar-refractivity contribution in [1.29, 1.82) is 0 Å². The lowest BCUT2D eigenvalue weighted by Gasteiger charge is -2.47. The van der Waals surface area contributed by atoms with Crippen molar-refractivity contribution >= 4 is 17.7 Å². The van der Waals surface area contributed by atoms with E-state index in [0.29, 0.717) is 13.0 Å². The van der Waals surface area contributed by atoms with Gasteiger partial charge in [0.1, 0.15) is 5.82 Å². The second-order valence-corrected chi connectivity index (χ2v) is 9.74. The van der Waals surface area contributed by atoms with Gasteiger partial charge in [0.2, 0.25) is 5.91 Å². The molecule has 3 saturated heterocycles. The molecule has 3 fully saturated rings. The van der Waals surface area contributed by atoms with E-state index in [9.17, 15) is 18.8 Å². The number of ether oxygens (including phenoxy) is 1. The lowest BCUT2D eigenvalue weighted by molar-refractivity contribution is -0.172. The van der Waals surface area contributed by atoms with E-state index in [2.05, 4.69) is 4.90 Å². The summed E-state index contributed by atoms with van der Waals surface area (Å²) < 4.78 is 18.5. The van der Waals surface area contributed by atoms with Crippen molar-refractivity contribution < 1.29 is 23.5 Å². The summed E-state index contributed by atoms with van der Waals surface area (Å²) in [7, 11) is 1.29. The third-order valence-electron chi connectivity index (χ3n) is 7.87. The molecule has 0 radical (unpaired) electrons. The monoisotopic (exact) mass is 444 g/mol. The minimum Gasteiger partial charge on any atom is -0.468 e. The fourth-order valence-corrected chi connectivity index (χ4v) is 6.27. The van der Waals surface area contributed by atoms with Gasteiger partial charge in [-0.1, -0.05) is 12.1 Å². The molecule has 4 rings (SSSR count). The standard InChI is InChI=1S/C25H33FN2O4/c1-16-5-4-6-17(2)28(16)23(30)14-25(24(31)32-3)21-12-11-20(13-22(25)29)27(21)15-18-7-9-19(26)10-8-18/h7-10,16-17,20-21H,4-6,11-15H2,1-3H3/t16-,17-,20+,21-,25-/m0/s1. The second-order valence-electron chi connectivity index (χ2n) is 9.74. The number of ketones is 1. The number of hydrogen-bond acceptors (Lipinski definition) is 5. The molecule has 0 unspecified atom stereocenters. The van der Waals surface area contributed by atoms with Gasteiger partial charge in [-0.15, -0.1) is 0 Å². The number of piperidine rings is 2. The fraction of sp³-hybridized carbons (Fsp3) is 0.640. The van der Waals surface area contributed by atoms with E-state index >= 15 is 0 Å². The highest BCUT2D eigenvalue weighted by Gasteiger charge is 2.62. The molecule has 3 aliphatic heterocycles. The first-order valence-electron chi connectivity index (χ1n) is 11.7. The average Bonchev–Trinajstić information content (AvgIpc) is 3.07. The fourth-order valence-electron chi connectivity index (χ4n) is 6.27. The largest absolute Gasteiger partial charge is 0.468 e. The molecule has 0 aromatic heterocycles. The van der Waals surface area contributed by atoms with Crippen molar-refractivity contribution in [3.8, 4) is 0 Å². The highest BCUT2D eigenvalue weighted by Crippen LogP contribution is 2.48. The van der Waals surface area contributed by atoms with E-state index in [1.807, 2.05) is 18.7 Å². The first kappa shape index (κ1) is 22.9. The maximum atomic E-state index is 13.5. The van der Waals surface area contributed by atoms with Crippen molar-refractivity contribution in [1.82, 2.24) is 9.80 Å². The van der Waals surface area contributed by atoms with Crippen molar-refractivity contribution in [3.05, 3.63) is 35.6 Å². The molecular weight excluding hydrogens is 411 g/mol. The Hall–Kier alpha value is -2.28. The van der Waals surface area contributed by atoms with Crippen molar-refractivity contribution in [2.24, 2.45) is 5.41 Å². The zero-order chi connectivity index (χ0) is 23.0. The number of benzene rings is 1. The predicted molar refractivity (Wildman–Crippen MR) is 117 cm³/mol. The van der Waals surface area contributed by atoms with Crippen LogP contribution in [0.15, 0.2) is 24.3 Å². The Morgan fingerprint density at radius 3 is 2.38 bits per heavy atom. The Morgan fingerprint density at radius 1 is 1.09 bits per heavy atom. The summed E-state index contributed by atoms with van der Waals surface area (Å²) in [6, 6.07) is 6.10. The number of nitrogens with zero attached hydrogens (tertiary/aromatic N) is 2. The number of carbonyl (C=O) groups is 3. The van der Waals surface area contributed by atoms with Gasteiger partial charge >= 0.3 is 5.97 Å².